The summed E-state index contributed by atoms with van der Waals surface area (Å²) in [5, 5.41) is 2.78. The van der Waals surface area contributed by atoms with E-state index < -0.39 is 18.5 Å². The first kappa shape index (κ1) is 23.3. The third-order valence-electron chi connectivity index (χ3n) is 3.90. The van der Waals surface area contributed by atoms with Gasteiger partial charge in [-0.2, -0.15) is 0 Å². The van der Waals surface area contributed by atoms with Gasteiger partial charge in [0.2, 0.25) is 5.91 Å². The summed E-state index contributed by atoms with van der Waals surface area (Å²) in [7, 11) is 1.55. The molecule has 2 aromatic rings. The number of rotatable bonds is 11. The molecule has 7 nitrogen and oxygen atoms in total. The number of carbonyl (C=O) groups excluding carboxylic acids is 3. The monoisotopic (exact) mass is 431 g/mol. The van der Waals surface area contributed by atoms with E-state index in [4.69, 9.17) is 14.2 Å². The highest BCUT2D eigenvalue weighted by molar-refractivity contribution is 8.00. The van der Waals surface area contributed by atoms with E-state index in [1.165, 1.54) is 11.8 Å². The zero-order valence-electron chi connectivity index (χ0n) is 17.0. The topological polar surface area (TPSA) is 90.9 Å². The van der Waals surface area contributed by atoms with Crippen molar-refractivity contribution in [2.75, 3.05) is 31.4 Å². The van der Waals surface area contributed by atoms with E-state index in [1.54, 1.807) is 55.6 Å². The lowest BCUT2D eigenvalue weighted by Gasteiger charge is -2.10. The average molecular weight is 432 g/mol. The van der Waals surface area contributed by atoms with Gasteiger partial charge in [-0.1, -0.05) is 31.5 Å². The van der Waals surface area contributed by atoms with Crippen LogP contribution in [0.25, 0.3) is 0 Å². The molecule has 160 valence electrons. The Balaban J connectivity index is 1.88. The van der Waals surface area contributed by atoms with Crippen molar-refractivity contribution in [3.63, 3.8) is 0 Å². The SMILES string of the molecule is CCCCOC(=O)COC(=O)c1ccccc1SCC(=O)Nc1cccc(OC)c1. The molecule has 30 heavy (non-hydrogen) atoms. The van der Waals surface area contributed by atoms with Crippen molar-refractivity contribution < 1.29 is 28.6 Å². The minimum Gasteiger partial charge on any atom is -0.497 e. The van der Waals surface area contributed by atoms with E-state index >= 15 is 0 Å². The molecule has 0 atom stereocenters. The van der Waals surface area contributed by atoms with Gasteiger partial charge in [0.05, 0.1) is 25.0 Å². The van der Waals surface area contributed by atoms with E-state index in [9.17, 15) is 14.4 Å². The summed E-state index contributed by atoms with van der Waals surface area (Å²) >= 11 is 1.20. The molecule has 0 radical (unpaired) electrons. The molecule has 2 aromatic carbocycles. The van der Waals surface area contributed by atoms with Crippen LogP contribution < -0.4 is 10.1 Å². The quantitative estimate of drug-likeness (QED) is 0.327. The van der Waals surface area contributed by atoms with Crippen LogP contribution in [0.15, 0.2) is 53.4 Å². The molecule has 0 aliphatic carbocycles. The first-order valence-corrected chi connectivity index (χ1v) is 10.5. The van der Waals surface area contributed by atoms with E-state index in [-0.39, 0.29) is 17.2 Å². The molecular weight excluding hydrogens is 406 g/mol. The zero-order chi connectivity index (χ0) is 21.8. The highest BCUT2D eigenvalue weighted by atomic mass is 32.2. The number of benzene rings is 2. The first-order chi connectivity index (χ1) is 14.5. The number of methoxy groups -OCH3 is 1. The fraction of sp³-hybridized carbons (Fsp3) is 0.318. The molecule has 0 heterocycles. The van der Waals surface area contributed by atoms with Crippen molar-refractivity contribution in [1.29, 1.82) is 0 Å². The lowest BCUT2D eigenvalue weighted by atomic mass is 10.2. The van der Waals surface area contributed by atoms with Crippen LogP contribution in [0, 0.1) is 0 Å². The van der Waals surface area contributed by atoms with Gasteiger partial charge in [0.25, 0.3) is 0 Å². The fourth-order valence-corrected chi connectivity index (χ4v) is 3.22. The second-order valence-corrected chi connectivity index (χ2v) is 7.23. The van der Waals surface area contributed by atoms with Crippen LogP contribution in [0.4, 0.5) is 5.69 Å². The van der Waals surface area contributed by atoms with Crippen molar-refractivity contribution in [1.82, 2.24) is 0 Å². The van der Waals surface area contributed by atoms with E-state index in [1.807, 2.05) is 6.92 Å². The Bertz CT molecular complexity index is 870. The molecule has 0 bridgehead atoms. The molecule has 0 aliphatic heterocycles. The molecule has 0 unspecified atom stereocenters. The van der Waals surface area contributed by atoms with Gasteiger partial charge in [0.15, 0.2) is 6.61 Å². The molecule has 0 saturated carbocycles. The van der Waals surface area contributed by atoms with Gasteiger partial charge < -0.3 is 19.5 Å². The number of carbonyl (C=O) groups is 3. The van der Waals surface area contributed by atoms with Crippen LogP contribution in [0.1, 0.15) is 30.1 Å². The smallest absolute Gasteiger partial charge is 0.344 e. The van der Waals surface area contributed by atoms with Gasteiger partial charge in [-0.05, 0) is 30.7 Å². The minimum absolute atomic E-state index is 0.0978. The summed E-state index contributed by atoms with van der Waals surface area (Å²) in [6.45, 7) is 1.85. The van der Waals surface area contributed by atoms with Crippen LogP contribution in [0.5, 0.6) is 5.75 Å². The Labute approximate surface area is 180 Å². The third-order valence-corrected chi connectivity index (χ3v) is 4.97. The van der Waals surface area contributed by atoms with Gasteiger partial charge in [0.1, 0.15) is 5.75 Å². The van der Waals surface area contributed by atoms with Crippen molar-refractivity contribution in [3.05, 3.63) is 54.1 Å². The van der Waals surface area contributed by atoms with Crippen LogP contribution >= 0.6 is 11.8 Å². The maximum Gasteiger partial charge on any atom is 0.344 e. The number of hydrogen-bond donors (Lipinski definition) is 1. The molecule has 8 heteroatoms. The second-order valence-electron chi connectivity index (χ2n) is 6.22. The molecule has 0 aliphatic rings. The molecule has 0 aromatic heterocycles. The zero-order valence-corrected chi connectivity index (χ0v) is 17.8. The summed E-state index contributed by atoms with van der Waals surface area (Å²) in [5.41, 5.74) is 0.910. The van der Waals surface area contributed by atoms with Crippen LogP contribution in [0.2, 0.25) is 0 Å². The number of unbranched alkanes of at least 4 members (excludes halogenated alkanes) is 1. The second kappa shape index (κ2) is 12.5. The van der Waals surface area contributed by atoms with Crippen molar-refractivity contribution in [3.8, 4) is 5.75 Å². The van der Waals surface area contributed by atoms with Gasteiger partial charge in [-0.3, -0.25) is 4.79 Å². The normalized spacial score (nSPS) is 10.2. The number of amides is 1. The van der Waals surface area contributed by atoms with Crippen LogP contribution in [0.3, 0.4) is 0 Å². The van der Waals surface area contributed by atoms with Crippen LogP contribution in [-0.2, 0) is 19.1 Å². The largest absolute Gasteiger partial charge is 0.497 e. The number of thioether (sulfide) groups is 1. The lowest BCUT2D eigenvalue weighted by molar-refractivity contribution is -0.147. The Morgan fingerprint density at radius 3 is 2.60 bits per heavy atom. The summed E-state index contributed by atoms with van der Waals surface area (Å²) in [6.07, 6.45) is 1.67. The number of ether oxygens (including phenoxy) is 3. The molecule has 1 amide bonds. The number of hydrogen-bond acceptors (Lipinski definition) is 7. The predicted molar refractivity (Wildman–Crippen MR) is 115 cm³/mol. The summed E-state index contributed by atoms with van der Waals surface area (Å²) in [5.74, 6) is -0.711. The highest BCUT2D eigenvalue weighted by Gasteiger charge is 2.16. The number of esters is 2. The van der Waals surface area contributed by atoms with E-state index in [2.05, 4.69) is 5.32 Å². The van der Waals surface area contributed by atoms with Gasteiger partial charge in [0, 0.05) is 16.6 Å². The first-order valence-electron chi connectivity index (χ1n) is 9.52. The molecule has 0 fully saturated rings. The van der Waals surface area contributed by atoms with Crippen molar-refractivity contribution in [2.24, 2.45) is 0 Å². The molecule has 2 rings (SSSR count). The number of nitrogens with one attached hydrogen (secondary N) is 1. The maximum absolute atomic E-state index is 12.3. The molecule has 1 N–H and O–H groups in total. The van der Waals surface area contributed by atoms with Crippen LogP contribution in [-0.4, -0.2) is 43.9 Å². The highest BCUT2D eigenvalue weighted by Crippen LogP contribution is 2.24. The molecule has 0 spiro atoms. The van der Waals surface area contributed by atoms with Gasteiger partial charge in [-0.25, -0.2) is 9.59 Å². The van der Waals surface area contributed by atoms with Gasteiger partial charge >= 0.3 is 11.9 Å². The summed E-state index contributed by atoms with van der Waals surface area (Å²) in [4.78, 5) is 36.8. The summed E-state index contributed by atoms with van der Waals surface area (Å²) in [6, 6.07) is 13.8. The minimum atomic E-state index is -0.640. The lowest BCUT2D eigenvalue weighted by Crippen LogP contribution is -2.18. The van der Waals surface area contributed by atoms with Crippen molar-refractivity contribution >= 4 is 35.3 Å². The average Bonchev–Trinajstić information content (AvgIpc) is 2.76. The predicted octanol–water partition coefficient (Wildman–Crippen LogP) is 3.93. The van der Waals surface area contributed by atoms with Gasteiger partial charge in [-0.15, -0.1) is 11.8 Å². The number of anilines is 1. The fourth-order valence-electron chi connectivity index (χ4n) is 2.38. The Kier molecular flexibility index (Phi) is 9.73. The van der Waals surface area contributed by atoms with E-state index in [0.29, 0.717) is 22.9 Å². The molecule has 0 saturated heterocycles. The Morgan fingerprint density at radius 1 is 1.03 bits per heavy atom. The van der Waals surface area contributed by atoms with Crippen molar-refractivity contribution in [2.45, 2.75) is 24.7 Å². The molecular formula is C22H25NO6S. The Morgan fingerprint density at radius 2 is 1.83 bits per heavy atom. The van der Waals surface area contributed by atoms with E-state index in [0.717, 1.165) is 12.8 Å². The summed E-state index contributed by atoms with van der Waals surface area (Å²) < 4.78 is 15.1. The maximum atomic E-state index is 12.3. The Hall–Kier alpha value is -3.00. The standard InChI is InChI=1S/C22H25NO6S/c1-3-4-12-28-21(25)14-29-22(26)18-10-5-6-11-19(18)30-15-20(24)23-16-8-7-9-17(13-16)27-2/h5-11,13H,3-4,12,14-15H2,1-2H3,(H,23,24). The third kappa shape index (κ3) is 7.79.